The zero-order valence-corrected chi connectivity index (χ0v) is 13.5. The van der Waals surface area contributed by atoms with Crippen LogP contribution in [-0.2, 0) is 0 Å². The van der Waals surface area contributed by atoms with Gasteiger partial charge in [0, 0.05) is 16.1 Å². The van der Waals surface area contributed by atoms with Crippen LogP contribution in [0.2, 0.25) is 0 Å². The number of carbonyl (C=O) groups is 1. The molecule has 0 atom stereocenters. The van der Waals surface area contributed by atoms with Gasteiger partial charge in [0.25, 0.3) is 0 Å². The molecule has 5 nitrogen and oxygen atoms in total. The van der Waals surface area contributed by atoms with Crippen molar-refractivity contribution in [2.24, 2.45) is 0 Å². The molecule has 0 bridgehead atoms. The first-order chi connectivity index (χ1) is 9.49. The van der Waals surface area contributed by atoms with E-state index >= 15 is 0 Å². The van der Waals surface area contributed by atoms with Crippen molar-refractivity contribution in [2.45, 2.75) is 25.0 Å². The molecule has 106 valence electrons. The van der Waals surface area contributed by atoms with Crippen LogP contribution < -0.4 is 5.69 Å². The van der Waals surface area contributed by atoms with E-state index in [4.69, 9.17) is 0 Å². The Kier molecular flexibility index (Phi) is 4.82. The summed E-state index contributed by atoms with van der Waals surface area (Å²) in [6, 6.07) is 7.21. The lowest BCUT2D eigenvalue weighted by Crippen LogP contribution is -2.19. The smallest absolute Gasteiger partial charge is 0.293 e. The summed E-state index contributed by atoms with van der Waals surface area (Å²) in [4.78, 5) is 23.6. The highest BCUT2D eigenvalue weighted by atomic mass is 79.9. The zero-order valence-electron chi connectivity index (χ0n) is 11.1. The van der Waals surface area contributed by atoms with Crippen molar-refractivity contribution in [1.29, 1.82) is 0 Å². The van der Waals surface area contributed by atoms with Crippen LogP contribution in [0.3, 0.4) is 0 Å². The van der Waals surface area contributed by atoms with Gasteiger partial charge in [0.1, 0.15) is 0 Å². The van der Waals surface area contributed by atoms with E-state index in [2.05, 4.69) is 26.1 Å². The summed E-state index contributed by atoms with van der Waals surface area (Å²) in [5.74, 6) is 0.256. The molecule has 0 spiro atoms. The van der Waals surface area contributed by atoms with E-state index in [1.54, 1.807) is 16.7 Å². The highest BCUT2D eigenvalue weighted by molar-refractivity contribution is 9.10. The van der Waals surface area contributed by atoms with Gasteiger partial charge in [0.2, 0.25) is 0 Å². The van der Waals surface area contributed by atoms with E-state index in [0.29, 0.717) is 10.7 Å². The molecule has 0 unspecified atom stereocenters. The Labute approximate surface area is 128 Å². The van der Waals surface area contributed by atoms with Crippen LogP contribution in [0.25, 0.3) is 0 Å². The monoisotopic (exact) mass is 355 g/mol. The lowest BCUT2D eigenvalue weighted by molar-refractivity contribution is 0.102. The van der Waals surface area contributed by atoms with Crippen molar-refractivity contribution < 1.29 is 4.79 Å². The van der Waals surface area contributed by atoms with Crippen molar-refractivity contribution in [3.05, 3.63) is 44.8 Å². The third kappa shape index (κ3) is 3.40. The zero-order chi connectivity index (χ0) is 14.7. The predicted octanol–water partition coefficient (Wildman–Crippen LogP) is 2.89. The van der Waals surface area contributed by atoms with Crippen molar-refractivity contribution in [3.63, 3.8) is 0 Å². The van der Waals surface area contributed by atoms with Crippen molar-refractivity contribution >= 4 is 33.5 Å². The van der Waals surface area contributed by atoms with Gasteiger partial charge in [0.15, 0.2) is 10.9 Å². The molecule has 2 aromatic rings. The number of thioether (sulfide) groups is 1. The number of rotatable bonds is 5. The minimum Gasteiger partial charge on any atom is -0.293 e. The molecule has 2 rings (SSSR count). The standard InChI is InChI=1S/C13H14BrN3O2S/c1-8(2)17-12(19)15-16-13(17)20-7-11(18)9-3-5-10(14)6-4-9/h3-6,8H,7H2,1-2H3,(H,15,19). The average Bonchev–Trinajstić information content (AvgIpc) is 2.78. The lowest BCUT2D eigenvalue weighted by atomic mass is 10.2. The van der Waals surface area contributed by atoms with Gasteiger partial charge in [-0.3, -0.25) is 9.36 Å². The Balaban J connectivity index is 2.07. The molecule has 0 aliphatic heterocycles. The Morgan fingerprint density at radius 3 is 2.65 bits per heavy atom. The van der Waals surface area contributed by atoms with E-state index in [1.165, 1.54) is 11.8 Å². The Hall–Kier alpha value is -1.34. The van der Waals surface area contributed by atoms with E-state index in [0.717, 1.165) is 4.47 Å². The molecule has 7 heteroatoms. The molecule has 1 aromatic carbocycles. The molecular formula is C13H14BrN3O2S. The van der Waals surface area contributed by atoms with Crippen LogP contribution >= 0.6 is 27.7 Å². The number of carbonyl (C=O) groups excluding carboxylic acids is 1. The van der Waals surface area contributed by atoms with Gasteiger partial charge in [-0.05, 0) is 26.0 Å². The van der Waals surface area contributed by atoms with E-state index in [1.807, 2.05) is 26.0 Å². The van der Waals surface area contributed by atoms with Crippen LogP contribution in [0.4, 0.5) is 0 Å². The highest BCUT2D eigenvalue weighted by Gasteiger charge is 2.14. The Morgan fingerprint density at radius 1 is 1.40 bits per heavy atom. The molecule has 0 fully saturated rings. The molecule has 20 heavy (non-hydrogen) atoms. The number of aromatic nitrogens is 3. The average molecular weight is 356 g/mol. The van der Waals surface area contributed by atoms with Gasteiger partial charge < -0.3 is 0 Å². The fourth-order valence-electron chi connectivity index (χ4n) is 1.70. The highest BCUT2D eigenvalue weighted by Crippen LogP contribution is 2.19. The number of ketones is 1. The fraction of sp³-hybridized carbons (Fsp3) is 0.308. The van der Waals surface area contributed by atoms with Gasteiger partial charge in [-0.1, -0.05) is 39.8 Å². The largest absolute Gasteiger partial charge is 0.344 e. The third-order valence-electron chi connectivity index (χ3n) is 2.69. The van der Waals surface area contributed by atoms with Gasteiger partial charge in [-0.25, -0.2) is 9.89 Å². The second-order valence-corrected chi connectivity index (χ2v) is 6.35. The number of nitrogens with one attached hydrogen (secondary N) is 1. The third-order valence-corrected chi connectivity index (χ3v) is 4.17. The second kappa shape index (κ2) is 6.41. The molecule has 0 amide bonds. The first-order valence-corrected chi connectivity index (χ1v) is 7.85. The Bertz CT molecular complexity index is 661. The molecule has 0 radical (unpaired) electrons. The summed E-state index contributed by atoms with van der Waals surface area (Å²) >= 11 is 4.59. The summed E-state index contributed by atoms with van der Waals surface area (Å²) in [5, 5.41) is 6.89. The second-order valence-electron chi connectivity index (χ2n) is 4.49. The van der Waals surface area contributed by atoms with Crippen LogP contribution in [0.1, 0.15) is 30.2 Å². The maximum atomic E-state index is 12.1. The fourth-order valence-corrected chi connectivity index (χ4v) is 2.93. The molecule has 1 aromatic heterocycles. The summed E-state index contributed by atoms with van der Waals surface area (Å²) in [6.07, 6.45) is 0. The minimum atomic E-state index is -0.251. The molecule has 0 aliphatic carbocycles. The van der Waals surface area contributed by atoms with Gasteiger partial charge in [-0.15, -0.1) is 5.10 Å². The first-order valence-electron chi connectivity index (χ1n) is 6.07. The normalized spacial score (nSPS) is 11.0. The maximum Gasteiger partial charge on any atom is 0.344 e. The van der Waals surface area contributed by atoms with E-state index in [9.17, 15) is 9.59 Å². The van der Waals surface area contributed by atoms with Gasteiger partial charge >= 0.3 is 5.69 Å². The summed E-state index contributed by atoms with van der Waals surface area (Å²) in [7, 11) is 0. The predicted molar refractivity (Wildman–Crippen MR) is 82.4 cm³/mol. The van der Waals surface area contributed by atoms with Crippen molar-refractivity contribution in [3.8, 4) is 0 Å². The molecule has 1 heterocycles. The van der Waals surface area contributed by atoms with E-state index < -0.39 is 0 Å². The van der Waals surface area contributed by atoms with E-state index in [-0.39, 0.29) is 23.3 Å². The number of Topliss-reactive ketones (excluding diaryl/α,β-unsaturated/α-hetero) is 1. The summed E-state index contributed by atoms with van der Waals surface area (Å²) < 4.78 is 2.47. The van der Waals surface area contributed by atoms with Crippen LogP contribution in [0, 0.1) is 0 Å². The van der Waals surface area contributed by atoms with Gasteiger partial charge in [0.05, 0.1) is 5.75 Å². The number of H-pyrrole nitrogens is 1. The summed E-state index contributed by atoms with van der Waals surface area (Å²) in [6.45, 7) is 3.80. The van der Waals surface area contributed by atoms with Crippen LogP contribution in [-0.4, -0.2) is 26.3 Å². The van der Waals surface area contributed by atoms with Gasteiger partial charge in [-0.2, -0.15) is 0 Å². The van der Waals surface area contributed by atoms with Crippen molar-refractivity contribution in [1.82, 2.24) is 14.8 Å². The number of benzene rings is 1. The number of nitrogens with zero attached hydrogens (tertiary/aromatic N) is 2. The SMILES string of the molecule is CC(C)n1c(SCC(=O)c2ccc(Br)cc2)n[nH]c1=O. The number of hydrogen-bond acceptors (Lipinski definition) is 4. The number of halogens is 1. The Morgan fingerprint density at radius 2 is 2.05 bits per heavy atom. The number of hydrogen-bond donors (Lipinski definition) is 1. The number of aromatic amines is 1. The summed E-state index contributed by atoms with van der Waals surface area (Å²) in [5.41, 5.74) is 0.397. The maximum absolute atomic E-state index is 12.1. The van der Waals surface area contributed by atoms with Crippen LogP contribution in [0.15, 0.2) is 38.7 Å². The van der Waals surface area contributed by atoms with Crippen LogP contribution in [0.5, 0.6) is 0 Å². The molecular weight excluding hydrogens is 342 g/mol. The quantitative estimate of drug-likeness (QED) is 0.661. The minimum absolute atomic E-state index is 0.00605. The first kappa shape index (κ1) is 15.1. The lowest BCUT2D eigenvalue weighted by Gasteiger charge is -2.08. The molecule has 0 saturated heterocycles. The molecule has 0 saturated carbocycles. The topological polar surface area (TPSA) is 67.8 Å². The molecule has 1 N–H and O–H groups in total. The molecule has 0 aliphatic rings. The van der Waals surface area contributed by atoms with Crippen molar-refractivity contribution in [2.75, 3.05) is 5.75 Å².